The van der Waals surface area contributed by atoms with Gasteiger partial charge in [0.15, 0.2) is 0 Å². The van der Waals surface area contributed by atoms with Crippen LogP contribution in [-0.4, -0.2) is 25.3 Å². The van der Waals surface area contributed by atoms with Crippen LogP contribution in [0.1, 0.15) is 24.0 Å². The molecule has 0 saturated heterocycles. The van der Waals surface area contributed by atoms with Gasteiger partial charge in [-0.2, -0.15) is 8.42 Å². The highest BCUT2D eigenvalue weighted by atomic mass is 32.2. The maximum atomic E-state index is 13.1. The van der Waals surface area contributed by atoms with Crippen LogP contribution in [0.3, 0.4) is 0 Å². The fraction of sp³-hybridized carbons (Fsp3) is 0.208. The first-order chi connectivity index (χ1) is 14.9. The molecule has 0 bridgehead atoms. The molecule has 3 aromatic rings. The van der Waals surface area contributed by atoms with Gasteiger partial charge in [0.25, 0.3) is 0 Å². The van der Waals surface area contributed by atoms with Crippen molar-refractivity contribution in [2.45, 2.75) is 36.7 Å². The quantitative estimate of drug-likeness (QED) is 0.490. The molecule has 0 aromatic heterocycles. The van der Waals surface area contributed by atoms with Crippen molar-refractivity contribution in [1.29, 1.82) is 0 Å². The van der Waals surface area contributed by atoms with Crippen molar-refractivity contribution in [2.24, 2.45) is 0 Å². The summed E-state index contributed by atoms with van der Waals surface area (Å²) >= 11 is 0. The Morgan fingerprint density at radius 3 is 2.29 bits per heavy atom. The van der Waals surface area contributed by atoms with Gasteiger partial charge in [0, 0.05) is 12.6 Å². The second kappa shape index (κ2) is 8.89. The van der Waals surface area contributed by atoms with E-state index >= 15 is 0 Å². The van der Waals surface area contributed by atoms with Gasteiger partial charge >= 0.3 is 10.1 Å². The number of hydrogen-bond donors (Lipinski definition) is 0. The third-order valence-corrected chi connectivity index (χ3v) is 6.33. The number of carbonyl (C=O) groups excluding carboxylic acids is 1. The average Bonchev–Trinajstić information content (AvgIpc) is 3.58. The molecule has 160 valence electrons. The molecule has 7 heteroatoms. The summed E-state index contributed by atoms with van der Waals surface area (Å²) < 4.78 is 43.2. The van der Waals surface area contributed by atoms with E-state index in [1.165, 1.54) is 6.07 Å². The van der Waals surface area contributed by atoms with Crippen LogP contribution in [0.4, 0.5) is 4.39 Å². The summed E-state index contributed by atoms with van der Waals surface area (Å²) in [5, 5.41) is 0. The molecular formula is C24H22FNO4S. The summed E-state index contributed by atoms with van der Waals surface area (Å²) in [5.41, 5.74) is 1.74. The van der Waals surface area contributed by atoms with Crippen LogP contribution >= 0.6 is 0 Å². The molecule has 0 N–H and O–H groups in total. The molecule has 5 nitrogen and oxygen atoms in total. The highest BCUT2D eigenvalue weighted by Gasteiger charge is 2.32. The first-order valence-corrected chi connectivity index (χ1v) is 11.4. The SMILES string of the molecule is O=C(Cc1ccccc1)N(Cc1cccc(OS(=O)(=O)c2ccc(F)cc2)c1)C1CC1. The summed E-state index contributed by atoms with van der Waals surface area (Å²) in [4.78, 5) is 14.6. The monoisotopic (exact) mass is 439 g/mol. The minimum atomic E-state index is -4.08. The summed E-state index contributed by atoms with van der Waals surface area (Å²) in [7, 11) is -4.08. The van der Waals surface area contributed by atoms with E-state index in [-0.39, 0.29) is 22.6 Å². The van der Waals surface area contributed by atoms with Gasteiger partial charge < -0.3 is 9.08 Å². The van der Waals surface area contributed by atoms with E-state index in [4.69, 9.17) is 4.18 Å². The highest BCUT2D eigenvalue weighted by Crippen LogP contribution is 2.30. The van der Waals surface area contributed by atoms with Crippen LogP contribution in [-0.2, 0) is 27.9 Å². The van der Waals surface area contributed by atoms with Crippen molar-refractivity contribution in [3.63, 3.8) is 0 Å². The van der Waals surface area contributed by atoms with Gasteiger partial charge in [-0.25, -0.2) is 4.39 Å². The molecule has 1 amide bonds. The van der Waals surface area contributed by atoms with Gasteiger partial charge in [0.1, 0.15) is 16.5 Å². The minimum Gasteiger partial charge on any atom is -0.379 e. The Labute approximate surface area is 181 Å². The largest absolute Gasteiger partial charge is 0.379 e. The first kappa shape index (κ1) is 21.1. The average molecular weight is 440 g/mol. The minimum absolute atomic E-state index is 0.0407. The van der Waals surface area contributed by atoms with E-state index < -0.39 is 15.9 Å². The van der Waals surface area contributed by atoms with Crippen molar-refractivity contribution in [2.75, 3.05) is 0 Å². The van der Waals surface area contributed by atoms with Crippen molar-refractivity contribution in [1.82, 2.24) is 4.90 Å². The molecule has 4 rings (SSSR count). The normalized spacial score (nSPS) is 13.6. The second-order valence-electron chi connectivity index (χ2n) is 7.55. The maximum Gasteiger partial charge on any atom is 0.339 e. The lowest BCUT2D eigenvalue weighted by Crippen LogP contribution is -2.33. The molecule has 1 fully saturated rings. The van der Waals surface area contributed by atoms with Gasteiger partial charge in [-0.1, -0.05) is 42.5 Å². The summed E-state index contributed by atoms with van der Waals surface area (Å²) in [5.74, 6) is -0.340. The van der Waals surface area contributed by atoms with Crippen LogP contribution < -0.4 is 4.18 Å². The third-order valence-electron chi connectivity index (χ3n) is 5.07. The number of amides is 1. The molecule has 0 spiro atoms. The summed E-state index contributed by atoms with van der Waals surface area (Å²) in [6.07, 6.45) is 2.26. The van der Waals surface area contributed by atoms with E-state index in [0.29, 0.717) is 13.0 Å². The van der Waals surface area contributed by atoms with Crippen LogP contribution in [0.15, 0.2) is 83.8 Å². The Bertz CT molecular complexity index is 1160. The molecule has 1 aliphatic carbocycles. The number of halogens is 1. The van der Waals surface area contributed by atoms with Crippen molar-refractivity contribution in [3.8, 4) is 5.75 Å². The number of hydrogen-bond acceptors (Lipinski definition) is 4. The standard InChI is InChI=1S/C24H22FNO4S/c25-20-9-13-23(14-10-20)31(28,29)30-22-8-4-7-19(15-22)17-26(21-11-12-21)24(27)16-18-5-2-1-3-6-18/h1-10,13-15,21H,11-12,16-17H2. The van der Waals surface area contributed by atoms with E-state index in [1.54, 1.807) is 12.1 Å². The van der Waals surface area contributed by atoms with Crippen LogP contribution in [0, 0.1) is 5.82 Å². The highest BCUT2D eigenvalue weighted by molar-refractivity contribution is 7.87. The van der Waals surface area contributed by atoms with Crippen LogP contribution in [0.5, 0.6) is 5.75 Å². The molecule has 0 unspecified atom stereocenters. The number of nitrogens with zero attached hydrogens (tertiary/aromatic N) is 1. The zero-order valence-corrected chi connectivity index (χ0v) is 17.6. The lowest BCUT2D eigenvalue weighted by Gasteiger charge is -2.23. The lowest BCUT2D eigenvalue weighted by atomic mass is 10.1. The number of rotatable bonds is 8. The first-order valence-electron chi connectivity index (χ1n) is 10.0. The Balaban J connectivity index is 1.48. The van der Waals surface area contributed by atoms with Crippen LogP contribution in [0.2, 0.25) is 0 Å². The van der Waals surface area contributed by atoms with Gasteiger partial charge in [-0.3, -0.25) is 4.79 Å². The van der Waals surface area contributed by atoms with E-state index in [1.807, 2.05) is 41.3 Å². The van der Waals surface area contributed by atoms with E-state index in [2.05, 4.69) is 0 Å². The molecule has 0 atom stereocenters. The third kappa shape index (κ3) is 5.49. The number of benzene rings is 3. The van der Waals surface area contributed by atoms with Crippen molar-refractivity contribution >= 4 is 16.0 Å². The molecule has 3 aromatic carbocycles. The molecule has 0 aliphatic heterocycles. The predicted molar refractivity (Wildman–Crippen MR) is 114 cm³/mol. The molecular weight excluding hydrogens is 417 g/mol. The maximum absolute atomic E-state index is 13.1. The second-order valence-corrected chi connectivity index (χ2v) is 9.10. The topological polar surface area (TPSA) is 63.7 Å². The van der Waals surface area contributed by atoms with Gasteiger partial charge in [0.05, 0.1) is 6.42 Å². The van der Waals surface area contributed by atoms with Gasteiger partial charge in [-0.05, 0) is 60.4 Å². The Hall–Kier alpha value is -3.19. The molecule has 0 radical (unpaired) electrons. The van der Waals surface area contributed by atoms with Crippen LogP contribution in [0.25, 0.3) is 0 Å². The Kier molecular flexibility index (Phi) is 6.04. The van der Waals surface area contributed by atoms with Crippen molar-refractivity contribution in [3.05, 3.63) is 95.8 Å². The Morgan fingerprint density at radius 2 is 1.61 bits per heavy atom. The molecule has 1 saturated carbocycles. The molecule has 0 heterocycles. The van der Waals surface area contributed by atoms with Gasteiger partial charge in [0.2, 0.25) is 5.91 Å². The number of carbonyl (C=O) groups is 1. The summed E-state index contributed by atoms with van der Waals surface area (Å²) in [6, 6.07) is 20.9. The molecule has 1 aliphatic rings. The summed E-state index contributed by atoms with van der Waals surface area (Å²) in [6.45, 7) is 0.379. The van der Waals surface area contributed by atoms with E-state index in [0.717, 1.165) is 48.2 Å². The molecule has 31 heavy (non-hydrogen) atoms. The van der Waals surface area contributed by atoms with E-state index in [9.17, 15) is 17.6 Å². The predicted octanol–water partition coefficient (Wildman–Crippen LogP) is 4.33. The lowest BCUT2D eigenvalue weighted by molar-refractivity contribution is -0.131. The smallest absolute Gasteiger partial charge is 0.339 e. The Morgan fingerprint density at radius 1 is 0.935 bits per heavy atom. The fourth-order valence-corrected chi connectivity index (χ4v) is 4.27. The zero-order chi connectivity index (χ0) is 21.8. The fourth-order valence-electron chi connectivity index (χ4n) is 3.35. The zero-order valence-electron chi connectivity index (χ0n) is 16.8. The van der Waals surface area contributed by atoms with Gasteiger partial charge in [-0.15, -0.1) is 0 Å². The van der Waals surface area contributed by atoms with Crippen molar-refractivity contribution < 1.29 is 21.8 Å².